The predicted octanol–water partition coefficient (Wildman–Crippen LogP) is 4.42. The molecule has 1 N–H and O–H groups in total. The molecule has 1 atom stereocenters. The molecule has 0 radical (unpaired) electrons. The van der Waals surface area contributed by atoms with E-state index in [9.17, 15) is 0 Å². The molecule has 0 bridgehead atoms. The highest BCUT2D eigenvalue weighted by molar-refractivity contribution is 14.1. The first-order valence-corrected chi connectivity index (χ1v) is 8.12. The second-order valence-electron chi connectivity index (χ2n) is 4.32. The molecule has 0 aliphatic rings. The van der Waals surface area contributed by atoms with E-state index in [2.05, 4.69) is 71.2 Å². The lowest BCUT2D eigenvalue weighted by Gasteiger charge is -2.16. The number of hydrogen-bond donors (Lipinski definition) is 1. The summed E-state index contributed by atoms with van der Waals surface area (Å²) in [5.74, 6) is 0. The zero-order valence-electron chi connectivity index (χ0n) is 10.7. The summed E-state index contributed by atoms with van der Waals surface area (Å²) in [6.07, 6.45) is 2.21. The van der Waals surface area contributed by atoms with Crippen molar-refractivity contribution in [3.8, 4) is 0 Å². The standard InChI is InChI=1S/C15H18INS/c1-3-13-7-8-14(18-13)10-15(17-2)11-5-4-6-12(16)9-11/h4-9,15,17H,3,10H2,1-2H3. The largest absolute Gasteiger partial charge is 0.313 e. The summed E-state index contributed by atoms with van der Waals surface area (Å²) in [6.45, 7) is 2.21. The molecule has 0 aliphatic heterocycles. The van der Waals surface area contributed by atoms with Crippen LogP contribution in [0.4, 0.5) is 0 Å². The van der Waals surface area contributed by atoms with E-state index in [0.717, 1.165) is 12.8 Å². The first-order valence-electron chi connectivity index (χ1n) is 6.23. The molecule has 1 aromatic heterocycles. The van der Waals surface area contributed by atoms with Gasteiger partial charge in [0.2, 0.25) is 0 Å². The van der Waals surface area contributed by atoms with Crippen LogP contribution in [0.25, 0.3) is 0 Å². The van der Waals surface area contributed by atoms with E-state index in [1.165, 1.54) is 18.9 Å². The maximum Gasteiger partial charge on any atom is 0.0366 e. The van der Waals surface area contributed by atoms with Gasteiger partial charge in [-0.3, -0.25) is 0 Å². The summed E-state index contributed by atoms with van der Waals surface area (Å²) < 4.78 is 1.30. The van der Waals surface area contributed by atoms with Crippen LogP contribution in [0.1, 0.15) is 28.3 Å². The molecule has 0 spiro atoms. The van der Waals surface area contributed by atoms with Gasteiger partial charge in [0.1, 0.15) is 0 Å². The Morgan fingerprint density at radius 1 is 1.22 bits per heavy atom. The van der Waals surface area contributed by atoms with Crippen molar-refractivity contribution in [1.29, 1.82) is 0 Å². The highest BCUT2D eigenvalue weighted by Gasteiger charge is 2.11. The van der Waals surface area contributed by atoms with Crippen molar-refractivity contribution in [3.63, 3.8) is 0 Å². The Kier molecular flexibility index (Phi) is 5.21. The molecule has 0 aliphatic carbocycles. The monoisotopic (exact) mass is 371 g/mol. The molecule has 1 nitrogen and oxygen atoms in total. The van der Waals surface area contributed by atoms with E-state index in [0.29, 0.717) is 6.04 Å². The fourth-order valence-corrected chi connectivity index (χ4v) is 3.60. The number of halogens is 1. The highest BCUT2D eigenvalue weighted by Crippen LogP contribution is 2.24. The number of thiophene rings is 1. The maximum atomic E-state index is 3.42. The van der Waals surface area contributed by atoms with Crippen molar-refractivity contribution in [3.05, 3.63) is 55.3 Å². The first kappa shape index (κ1) is 14.0. The Morgan fingerprint density at radius 2 is 2.00 bits per heavy atom. The van der Waals surface area contributed by atoms with Crippen LogP contribution in [-0.4, -0.2) is 7.05 Å². The molecule has 3 heteroatoms. The Bertz CT molecular complexity index is 507. The average Bonchev–Trinajstić information content (AvgIpc) is 2.83. The van der Waals surface area contributed by atoms with E-state index in [-0.39, 0.29) is 0 Å². The van der Waals surface area contributed by atoms with E-state index >= 15 is 0 Å². The van der Waals surface area contributed by atoms with Crippen LogP contribution in [0.5, 0.6) is 0 Å². The van der Waals surface area contributed by atoms with Gasteiger partial charge >= 0.3 is 0 Å². The fourth-order valence-electron chi connectivity index (χ4n) is 2.03. The summed E-state index contributed by atoms with van der Waals surface area (Å²) >= 11 is 4.30. The maximum absolute atomic E-state index is 3.42. The lowest BCUT2D eigenvalue weighted by molar-refractivity contribution is 0.596. The first-order chi connectivity index (χ1) is 8.72. The van der Waals surface area contributed by atoms with Gasteiger partial charge < -0.3 is 5.32 Å². The molecule has 96 valence electrons. The van der Waals surface area contributed by atoms with Crippen molar-refractivity contribution >= 4 is 33.9 Å². The van der Waals surface area contributed by atoms with Gasteiger partial charge in [0, 0.05) is 25.8 Å². The van der Waals surface area contributed by atoms with Gasteiger partial charge in [0.05, 0.1) is 0 Å². The minimum absolute atomic E-state index is 0.406. The van der Waals surface area contributed by atoms with Crippen molar-refractivity contribution in [2.45, 2.75) is 25.8 Å². The minimum Gasteiger partial charge on any atom is -0.313 e. The molecule has 0 saturated heterocycles. The van der Waals surface area contributed by atoms with Gasteiger partial charge in [-0.25, -0.2) is 0 Å². The molecule has 0 saturated carbocycles. The van der Waals surface area contributed by atoms with Gasteiger partial charge in [-0.05, 0) is 65.9 Å². The van der Waals surface area contributed by atoms with Crippen molar-refractivity contribution in [1.82, 2.24) is 5.32 Å². The topological polar surface area (TPSA) is 12.0 Å². The number of hydrogen-bond acceptors (Lipinski definition) is 2. The number of benzene rings is 1. The van der Waals surface area contributed by atoms with Crippen molar-refractivity contribution in [2.24, 2.45) is 0 Å². The van der Waals surface area contributed by atoms with Crippen molar-refractivity contribution in [2.75, 3.05) is 7.05 Å². The second kappa shape index (κ2) is 6.68. The van der Waals surface area contributed by atoms with Crippen molar-refractivity contribution < 1.29 is 0 Å². The third-order valence-corrected chi connectivity index (χ3v) is 4.99. The quantitative estimate of drug-likeness (QED) is 0.768. The van der Waals surface area contributed by atoms with E-state index in [1.807, 2.05) is 18.4 Å². The Hall–Kier alpha value is -0.390. The van der Waals surface area contributed by atoms with Crippen LogP contribution in [0.3, 0.4) is 0 Å². The summed E-state index contributed by atoms with van der Waals surface area (Å²) in [7, 11) is 2.04. The molecular formula is C15H18INS. The summed E-state index contributed by atoms with van der Waals surface area (Å²) in [4.78, 5) is 2.94. The number of likely N-dealkylation sites (N-methyl/N-ethyl adjacent to an activating group) is 1. The molecule has 2 rings (SSSR count). The van der Waals surface area contributed by atoms with Gasteiger partial charge in [-0.15, -0.1) is 11.3 Å². The zero-order valence-corrected chi connectivity index (χ0v) is 13.7. The highest BCUT2D eigenvalue weighted by atomic mass is 127. The zero-order chi connectivity index (χ0) is 13.0. The minimum atomic E-state index is 0.406. The van der Waals surface area contributed by atoms with Crippen LogP contribution in [0.15, 0.2) is 36.4 Å². The summed E-state index contributed by atoms with van der Waals surface area (Å²) in [5.41, 5.74) is 1.37. The van der Waals surface area contributed by atoms with Crippen LogP contribution in [0, 0.1) is 3.57 Å². The number of rotatable bonds is 5. The summed E-state index contributed by atoms with van der Waals surface area (Å²) in [5, 5.41) is 3.42. The third kappa shape index (κ3) is 3.56. The molecule has 0 fully saturated rings. The molecule has 1 aromatic carbocycles. The van der Waals surface area contributed by atoms with Gasteiger partial charge in [0.25, 0.3) is 0 Å². The summed E-state index contributed by atoms with van der Waals surface area (Å²) in [6, 6.07) is 13.7. The Labute approximate surface area is 127 Å². The normalized spacial score (nSPS) is 12.6. The average molecular weight is 371 g/mol. The van der Waals surface area contributed by atoms with Crippen LogP contribution >= 0.6 is 33.9 Å². The SMILES string of the molecule is CCc1ccc(CC(NC)c2cccc(I)c2)s1. The lowest BCUT2D eigenvalue weighted by Crippen LogP contribution is -2.18. The van der Waals surface area contributed by atoms with E-state index < -0.39 is 0 Å². The second-order valence-corrected chi connectivity index (χ2v) is 6.82. The lowest BCUT2D eigenvalue weighted by atomic mass is 10.0. The molecule has 2 aromatic rings. The number of aryl methyl sites for hydroxylation is 1. The number of nitrogens with one attached hydrogen (secondary N) is 1. The van der Waals surface area contributed by atoms with Gasteiger partial charge in [-0.2, -0.15) is 0 Å². The Morgan fingerprint density at radius 3 is 2.61 bits per heavy atom. The smallest absolute Gasteiger partial charge is 0.0366 e. The fraction of sp³-hybridized carbons (Fsp3) is 0.333. The van der Waals surface area contributed by atoms with Crippen LogP contribution in [-0.2, 0) is 12.8 Å². The van der Waals surface area contributed by atoms with Crippen LogP contribution in [0.2, 0.25) is 0 Å². The molecule has 0 amide bonds. The van der Waals surface area contributed by atoms with Gasteiger partial charge in [-0.1, -0.05) is 19.1 Å². The predicted molar refractivity (Wildman–Crippen MR) is 88.4 cm³/mol. The van der Waals surface area contributed by atoms with E-state index in [4.69, 9.17) is 0 Å². The van der Waals surface area contributed by atoms with E-state index in [1.54, 1.807) is 0 Å². The molecular weight excluding hydrogens is 353 g/mol. The third-order valence-electron chi connectivity index (χ3n) is 3.07. The molecule has 18 heavy (non-hydrogen) atoms. The Balaban J connectivity index is 2.14. The van der Waals surface area contributed by atoms with Crippen LogP contribution < -0.4 is 5.32 Å². The molecule has 1 heterocycles. The molecule has 1 unspecified atom stereocenters. The van der Waals surface area contributed by atoms with Gasteiger partial charge in [0.15, 0.2) is 0 Å².